The minimum Gasteiger partial charge on any atom is -0.491 e. The lowest BCUT2D eigenvalue weighted by Crippen LogP contribution is -2.05. The molecule has 0 aliphatic rings. The fourth-order valence-electron chi connectivity index (χ4n) is 2.29. The second-order valence-corrected chi connectivity index (χ2v) is 5.83. The average Bonchev–Trinajstić information content (AvgIpc) is 2.39. The van der Waals surface area contributed by atoms with Crippen LogP contribution >= 0.6 is 0 Å². The van der Waals surface area contributed by atoms with Crippen molar-refractivity contribution < 1.29 is 9.47 Å². The van der Waals surface area contributed by atoms with Crippen molar-refractivity contribution in [1.29, 1.82) is 0 Å². The van der Waals surface area contributed by atoms with E-state index in [2.05, 4.69) is 31.2 Å². The van der Waals surface area contributed by atoms with Gasteiger partial charge in [-0.05, 0) is 75.6 Å². The Morgan fingerprint density at radius 3 is 1.76 bits per heavy atom. The summed E-state index contributed by atoms with van der Waals surface area (Å²) < 4.78 is 11.4. The molecule has 0 aliphatic carbocycles. The number of benzene rings is 2. The molecule has 2 rings (SSSR count). The summed E-state index contributed by atoms with van der Waals surface area (Å²) in [7, 11) is 0. The van der Waals surface area contributed by atoms with Gasteiger partial charge in [0.05, 0.1) is 12.2 Å². The van der Waals surface area contributed by atoms with Crippen LogP contribution in [0, 0.1) is 6.92 Å². The predicted molar refractivity (Wildman–Crippen MR) is 88.1 cm³/mol. The van der Waals surface area contributed by atoms with Crippen LogP contribution < -0.4 is 9.47 Å². The molecule has 0 heterocycles. The van der Waals surface area contributed by atoms with Crippen molar-refractivity contribution in [3.8, 4) is 22.6 Å². The van der Waals surface area contributed by atoms with E-state index in [1.54, 1.807) is 0 Å². The highest BCUT2D eigenvalue weighted by molar-refractivity contribution is 5.68. The first-order valence-corrected chi connectivity index (χ1v) is 7.50. The van der Waals surface area contributed by atoms with Crippen molar-refractivity contribution in [2.24, 2.45) is 0 Å². The summed E-state index contributed by atoms with van der Waals surface area (Å²) in [6.45, 7) is 10.3. The summed E-state index contributed by atoms with van der Waals surface area (Å²) >= 11 is 0. The van der Waals surface area contributed by atoms with Crippen LogP contribution in [-0.4, -0.2) is 12.2 Å². The Bertz CT molecular complexity index is 583. The zero-order valence-corrected chi connectivity index (χ0v) is 13.5. The average molecular weight is 284 g/mol. The smallest absolute Gasteiger partial charge is 0.119 e. The van der Waals surface area contributed by atoms with Crippen LogP contribution in [0.4, 0.5) is 0 Å². The maximum absolute atomic E-state index is 5.73. The standard InChI is InChI=1S/C19H24O2/c1-13(2)20-17-8-6-16(7-9-17)19-11-10-18(12-15(19)5)21-14(3)4/h6-14H,1-5H3. The van der Waals surface area contributed by atoms with Gasteiger partial charge in [0.25, 0.3) is 0 Å². The third-order valence-electron chi connectivity index (χ3n) is 3.11. The third-order valence-corrected chi connectivity index (χ3v) is 3.11. The molecule has 0 radical (unpaired) electrons. The van der Waals surface area contributed by atoms with E-state index >= 15 is 0 Å². The Hall–Kier alpha value is -1.96. The third kappa shape index (κ3) is 4.25. The van der Waals surface area contributed by atoms with Crippen molar-refractivity contribution in [3.63, 3.8) is 0 Å². The summed E-state index contributed by atoms with van der Waals surface area (Å²) in [5, 5.41) is 0. The first-order valence-electron chi connectivity index (χ1n) is 7.50. The van der Waals surface area contributed by atoms with Gasteiger partial charge in [-0.25, -0.2) is 0 Å². The monoisotopic (exact) mass is 284 g/mol. The highest BCUT2D eigenvalue weighted by Crippen LogP contribution is 2.28. The number of aryl methyl sites for hydroxylation is 1. The lowest BCUT2D eigenvalue weighted by molar-refractivity contribution is 0.242. The minimum absolute atomic E-state index is 0.197. The zero-order valence-electron chi connectivity index (χ0n) is 13.5. The van der Waals surface area contributed by atoms with Gasteiger partial charge in [0, 0.05) is 0 Å². The molecular formula is C19H24O2. The van der Waals surface area contributed by atoms with Gasteiger partial charge in [-0.3, -0.25) is 0 Å². The number of rotatable bonds is 5. The molecule has 0 spiro atoms. The topological polar surface area (TPSA) is 18.5 Å². The summed E-state index contributed by atoms with van der Waals surface area (Å²) in [6.07, 6.45) is 0.396. The van der Waals surface area contributed by atoms with E-state index in [0.717, 1.165) is 11.5 Å². The maximum Gasteiger partial charge on any atom is 0.119 e. The number of ether oxygens (including phenoxy) is 2. The van der Waals surface area contributed by atoms with Crippen molar-refractivity contribution in [1.82, 2.24) is 0 Å². The fraction of sp³-hybridized carbons (Fsp3) is 0.368. The van der Waals surface area contributed by atoms with E-state index in [1.807, 2.05) is 45.9 Å². The van der Waals surface area contributed by atoms with Crippen LogP contribution in [0.2, 0.25) is 0 Å². The summed E-state index contributed by atoms with van der Waals surface area (Å²) in [4.78, 5) is 0. The van der Waals surface area contributed by atoms with Crippen LogP contribution in [0.5, 0.6) is 11.5 Å². The molecule has 0 unspecified atom stereocenters. The lowest BCUT2D eigenvalue weighted by atomic mass is 10.0. The first kappa shape index (κ1) is 15.4. The van der Waals surface area contributed by atoms with E-state index in [4.69, 9.17) is 9.47 Å². The van der Waals surface area contributed by atoms with E-state index in [1.165, 1.54) is 16.7 Å². The zero-order chi connectivity index (χ0) is 15.4. The molecule has 2 aromatic rings. The Balaban J connectivity index is 2.21. The molecule has 0 aliphatic heterocycles. The number of hydrogen-bond donors (Lipinski definition) is 0. The second-order valence-electron chi connectivity index (χ2n) is 5.83. The molecule has 0 aromatic heterocycles. The van der Waals surface area contributed by atoms with Gasteiger partial charge in [0.1, 0.15) is 11.5 Å². The predicted octanol–water partition coefficient (Wildman–Crippen LogP) is 5.24. The molecule has 2 aromatic carbocycles. The second kappa shape index (κ2) is 6.66. The van der Waals surface area contributed by atoms with Gasteiger partial charge < -0.3 is 9.47 Å². The Morgan fingerprint density at radius 1 is 0.714 bits per heavy atom. The Labute approximate surface area is 127 Å². The van der Waals surface area contributed by atoms with Crippen molar-refractivity contribution in [2.75, 3.05) is 0 Å². The van der Waals surface area contributed by atoms with Gasteiger partial charge in [-0.2, -0.15) is 0 Å². The van der Waals surface area contributed by atoms with Crippen molar-refractivity contribution in [2.45, 2.75) is 46.8 Å². The van der Waals surface area contributed by atoms with Crippen molar-refractivity contribution >= 4 is 0 Å². The molecule has 0 saturated carbocycles. The van der Waals surface area contributed by atoms with E-state index in [-0.39, 0.29) is 12.2 Å². The highest BCUT2D eigenvalue weighted by Gasteiger charge is 2.06. The van der Waals surface area contributed by atoms with Crippen LogP contribution in [0.15, 0.2) is 42.5 Å². The Morgan fingerprint density at radius 2 is 1.24 bits per heavy atom. The summed E-state index contributed by atoms with van der Waals surface area (Å²) in [6, 6.07) is 14.5. The summed E-state index contributed by atoms with van der Waals surface area (Å²) in [5.41, 5.74) is 3.63. The van der Waals surface area contributed by atoms with Gasteiger partial charge >= 0.3 is 0 Å². The molecule has 2 heteroatoms. The molecule has 0 bridgehead atoms. The van der Waals surface area contributed by atoms with E-state index in [0.29, 0.717) is 0 Å². The molecule has 0 fully saturated rings. The molecule has 21 heavy (non-hydrogen) atoms. The Kier molecular flexibility index (Phi) is 4.89. The van der Waals surface area contributed by atoms with Gasteiger partial charge in [0.15, 0.2) is 0 Å². The van der Waals surface area contributed by atoms with Gasteiger partial charge in [-0.15, -0.1) is 0 Å². The maximum atomic E-state index is 5.73. The lowest BCUT2D eigenvalue weighted by Gasteiger charge is -2.13. The molecule has 2 nitrogen and oxygen atoms in total. The molecule has 0 saturated heterocycles. The number of hydrogen-bond acceptors (Lipinski definition) is 2. The summed E-state index contributed by atoms with van der Waals surface area (Å²) in [5.74, 6) is 1.83. The highest BCUT2D eigenvalue weighted by atomic mass is 16.5. The van der Waals surface area contributed by atoms with Crippen LogP contribution in [0.25, 0.3) is 11.1 Å². The van der Waals surface area contributed by atoms with Crippen molar-refractivity contribution in [3.05, 3.63) is 48.0 Å². The fourth-order valence-corrected chi connectivity index (χ4v) is 2.29. The van der Waals surface area contributed by atoms with E-state index < -0.39 is 0 Å². The molecule has 112 valence electrons. The molecule has 0 amide bonds. The molecule has 0 atom stereocenters. The van der Waals surface area contributed by atoms with Crippen LogP contribution in [0.3, 0.4) is 0 Å². The largest absolute Gasteiger partial charge is 0.491 e. The first-order chi connectivity index (χ1) is 9.95. The van der Waals surface area contributed by atoms with Crippen LogP contribution in [-0.2, 0) is 0 Å². The minimum atomic E-state index is 0.197. The normalized spacial score (nSPS) is 11.0. The molecule has 0 N–H and O–H groups in total. The quantitative estimate of drug-likeness (QED) is 0.748. The van der Waals surface area contributed by atoms with Crippen LogP contribution in [0.1, 0.15) is 33.3 Å². The SMILES string of the molecule is Cc1cc(OC(C)C)ccc1-c1ccc(OC(C)C)cc1. The van der Waals surface area contributed by atoms with E-state index in [9.17, 15) is 0 Å². The van der Waals surface area contributed by atoms with Gasteiger partial charge in [0.2, 0.25) is 0 Å². The molecular weight excluding hydrogens is 260 g/mol. The van der Waals surface area contributed by atoms with Gasteiger partial charge in [-0.1, -0.05) is 18.2 Å².